The van der Waals surface area contributed by atoms with Crippen LogP contribution >= 0.6 is 0 Å². The summed E-state index contributed by atoms with van der Waals surface area (Å²) in [6.45, 7) is 3.38. The van der Waals surface area contributed by atoms with Crippen LogP contribution in [0.1, 0.15) is 49.9 Å². The van der Waals surface area contributed by atoms with Crippen molar-refractivity contribution in [3.8, 4) is 5.69 Å². The van der Waals surface area contributed by atoms with E-state index in [2.05, 4.69) is 15.7 Å². The van der Waals surface area contributed by atoms with E-state index < -0.39 is 17.5 Å². The van der Waals surface area contributed by atoms with Crippen LogP contribution < -0.4 is 10.6 Å². The fourth-order valence-corrected chi connectivity index (χ4v) is 4.46. The summed E-state index contributed by atoms with van der Waals surface area (Å²) in [7, 11) is 0. The van der Waals surface area contributed by atoms with Crippen LogP contribution in [0.4, 0.5) is 10.5 Å². The molecule has 0 unspecified atom stereocenters. The highest BCUT2D eigenvalue weighted by Gasteiger charge is 2.51. The fraction of sp³-hybridized carbons (Fsp3) is 0.455. The number of hydrogen-bond donors (Lipinski definition) is 2. The van der Waals surface area contributed by atoms with E-state index in [1.165, 1.54) is 0 Å². The number of urea groups is 1. The maximum Gasteiger partial charge on any atom is 0.325 e. The molecule has 4 amide bonds. The Morgan fingerprint density at radius 2 is 1.77 bits per heavy atom. The maximum absolute atomic E-state index is 13.0. The number of amides is 4. The molecular weight excluding hydrogens is 382 g/mol. The number of aromatic nitrogens is 2. The standard InChI is InChI=1S/C22H27N5O3/c1-15-19(16(2)27(25-15)17-10-6-5-7-11-17)23-18(28)14-26-20(29)22(24-21(26)30)12-8-3-4-9-13-22/h5-7,10-11H,3-4,8-9,12-14H2,1-2H3,(H,23,28)(H,24,30). The smallest absolute Gasteiger partial charge is 0.323 e. The summed E-state index contributed by atoms with van der Waals surface area (Å²) in [5, 5.41) is 10.2. The van der Waals surface area contributed by atoms with Crippen molar-refractivity contribution in [1.29, 1.82) is 0 Å². The number of anilines is 1. The third kappa shape index (κ3) is 3.58. The Hall–Kier alpha value is -3.16. The Bertz CT molecular complexity index is 974. The van der Waals surface area contributed by atoms with Crippen LogP contribution in [0.2, 0.25) is 0 Å². The summed E-state index contributed by atoms with van der Waals surface area (Å²) < 4.78 is 1.76. The zero-order valence-corrected chi connectivity index (χ0v) is 17.4. The number of hydrogen-bond acceptors (Lipinski definition) is 4. The molecule has 1 aliphatic carbocycles. The summed E-state index contributed by atoms with van der Waals surface area (Å²) in [6.07, 6.45) is 5.21. The molecule has 1 saturated heterocycles. The second kappa shape index (κ2) is 7.93. The van der Waals surface area contributed by atoms with Crippen molar-refractivity contribution in [3.05, 3.63) is 41.7 Å². The summed E-state index contributed by atoms with van der Waals surface area (Å²) in [4.78, 5) is 39.3. The van der Waals surface area contributed by atoms with Gasteiger partial charge in [0.05, 0.1) is 22.8 Å². The molecule has 1 aliphatic heterocycles. The molecular formula is C22H27N5O3. The minimum absolute atomic E-state index is 0.280. The molecule has 2 heterocycles. The van der Waals surface area contributed by atoms with Crippen molar-refractivity contribution in [2.45, 2.75) is 57.9 Å². The average molecular weight is 409 g/mol. The van der Waals surface area contributed by atoms with Crippen LogP contribution in [0, 0.1) is 13.8 Å². The lowest BCUT2D eigenvalue weighted by atomic mass is 9.90. The Balaban J connectivity index is 1.48. The van der Waals surface area contributed by atoms with Gasteiger partial charge in [-0.1, -0.05) is 43.9 Å². The highest BCUT2D eigenvalue weighted by Crippen LogP contribution is 2.32. The lowest BCUT2D eigenvalue weighted by Crippen LogP contribution is -2.47. The van der Waals surface area contributed by atoms with Crippen molar-refractivity contribution in [1.82, 2.24) is 20.0 Å². The number of carbonyl (C=O) groups is 3. The molecule has 2 aromatic rings. The van der Waals surface area contributed by atoms with Crippen LogP contribution in [0.25, 0.3) is 5.69 Å². The first kappa shape index (κ1) is 20.1. The number of carbonyl (C=O) groups excluding carboxylic acids is 3. The SMILES string of the molecule is Cc1nn(-c2ccccc2)c(C)c1NC(=O)CN1C(=O)NC2(CCCCCC2)C1=O. The van der Waals surface area contributed by atoms with Gasteiger partial charge in [0.25, 0.3) is 5.91 Å². The first-order valence-electron chi connectivity index (χ1n) is 10.5. The summed E-state index contributed by atoms with van der Waals surface area (Å²) >= 11 is 0. The molecule has 2 fully saturated rings. The second-order valence-corrected chi connectivity index (χ2v) is 8.16. The van der Waals surface area contributed by atoms with Crippen molar-refractivity contribution in [2.75, 3.05) is 11.9 Å². The van der Waals surface area contributed by atoms with Crippen LogP contribution in [-0.4, -0.2) is 44.6 Å². The van der Waals surface area contributed by atoms with E-state index in [1.54, 1.807) is 4.68 Å². The van der Waals surface area contributed by atoms with Crippen LogP contribution in [0.3, 0.4) is 0 Å². The van der Waals surface area contributed by atoms with Crippen molar-refractivity contribution in [2.24, 2.45) is 0 Å². The van der Waals surface area contributed by atoms with Gasteiger partial charge in [0, 0.05) is 0 Å². The lowest BCUT2D eigenvalue weighted by Gasteiger charge is -2.24. The molecule has 1 saturated carbocycles. The Morgan fingerprint density at radius 3 is 2.43 bits per heavy atom. The Kier molecular flexibility index (Phi) is 5.32. The van der Waals surface area contributed by atoms with Gasteiger partial charge < -0.3 is 10.6 Å². The Labute approximate surface area is 175 Å². The first-order chi connectivity index (χ1) is 14.4. The molecule has 0 atom stereocenters. The number of nitrogens with zero attached hydrogens (tertiary/aromatic N) is 3. The van der Waals surface area contributed by atoms with E-state index in [0.717, 1.165) is 42.0 Å². The third-order valence-corrected chi connectivity index (χ3v) is 6.06. The van der Waals surface area contributed by atoms with Crippen molar-refractivity contribution in [3.63, 3.8) is 0 Å². The van der Waals surface area contributed by atoms with E-state index in [1.807, 2.05) is 44.2 Å². The molecule has 4 rings (SSSR count). The second-order valence-electron chi connectivity index (χ2n) is 8.16. The predicted octanol–water partition coefficient (Wildman–Crippen LogP) is 3.07. The molecule has 8 nitrogen and oxygen atoms in total. The van der Waals surface area contributed by atoms with E-state index in [-0.39, 0.29) is 12.5 Å². The Morgan fingerprint density at radius 1 is 1.10 bits per heavy atom. The molecule has 0 radical (unpaired) electrons. The number of benzene rings is 1. The van der Waals surface area contributed by atoms with Crippen molar-refractivity contribution < 1.29 is 14.4 Å². The van der Waals surface area contributed by atoms with Gasteiger partial charge in [-0.25, -0.2) is 9.48 Å². The summed E-state index contributed by atoms with van der Waals surface area (Å²) in [5.74, 6) is -0.694. The van der Waals surface area contributed by atoms with E-state index in [9.17, 15) is 14.4 Å². The molecule has 1 aromatic carbocycles. The highest BCUT2D eigenvalue weighted by molar-refractivity contribution is 6.10. The predicted molar refractivity (Wildman–Crippen MR) is 112 cm³/mol. The number of imide groups is 1. The molecule has 1 spiro atoms. The topological polar surface area (TPSA) is 96.3 Å². The minimum Gasteiger partial charge on any atom is -0.323 e. The monoisotopic (exact) mass is 409 g/mol. The van der Waals surface area contributed by atoms with Crippen LogP contribution in [0.15, 0.2) is 30.3 Å². The maximum atomic E-state index is 13.0. The molecule has 2 aliphatic rings. The van der Waals surface area contributed by atoms with Crippen LogP contribution in [-0.2, 0) is 9.59 Å². The van der Waals surface area contributed by atoms with Gasteiger partial charge in [-0.15, -0.1) is 0 Å². The van der Waals surface area contributed by atoms with E-state index >= 15 is 0 Å². The average Bonchev–Trinajstić information content (AvgIpc) is 3.01. The zero-order chi connectivity index (χ0) is 21.3. The number of nitrogens with one attached hydrogen (secondary N) is 2. The quantitative estimate of drug-likeness (QED) is 0.759. The van der Waals surface area contributed by atoms with Gasteiger partial charge in [0.15, 0.2) is 0 Å². The largest absolute Gasteiger partial charge is 0.325 e. The molecule has 30 heavy (non-hydrogen) atoms. The van der Waals surface area contributed by atoms with Crippen LogP contribution in [0.5, 0.6) is 0 Å². The van der Waals surface area contributed by atoms with Gasteiger partial charge in [-0.2, -0.15) is 5.10 Å². The van der Waals surface area contributed by atoms with E-state index in [0.29, 0.717) is 24.2 Å². The molecule has 158 valence electrons. The highest BCUT2D eigenvalue weighted by atomic mass is 16.2. The summed E-state index contributed by atoms with van der Waals surface area (Å²) in [6, 6.07) is 9.16. The van der Waals surface area contributed by atoms with Gasteiger partial charge in [-0.05, 0) is 38.8 Å². The fourth-order valence-electron chi connectivity index (χ4n) is 4.46. The lowest BCUT2D eigenvalue weighted by molar-refractivity contribution is -0.134. The first-order valence-corrected chi connectivity index (χ1v) is 10.5. The molecule has 1 aromatic heterocycles. The van der Waals surface area contributed by atoms with Crippen molar-refractivity contribution >= 4 is 23.5 Å². The summed E-state index contributed by atoms with van der Waals surface area (Å²) in [5.41, 5.74) is 2.10. The molecule has 2 N–H and O–H groups in total. The van der Waals surface area contributed by atoms with E-state index in [4.69, 9.17) is 0 Å². The van der Waals surface area contributed by atoms with Gasteiger partial charge in [0.2, 0.25) is 5.91 Å². The molecule has 8 heteroatoms. The molecule has 0 bridgehead atoms. The van der Waals surface area contributed by atoms with Gasteiger partial charge in [0.1, 0.15) is 12.1 Å². The normalized spacial score (nSPS) is 18.4. The van der Waals surface area contributed by atoms with Gasteiger partial charge in [-0.3, -0.25) is 14.5 Å². The van der Waals surface area contributed by atoms with Gasteiger partial charge >= 0.3 is 6.03 Å². The third-order valence-electron chi connectivity index (χ3n) is 6.06. The number of rotatable bonds is 4. The minimum atomic E-state index is -0.835. The number of aryl methyl sites for hydroxylation is 1. The number of para-hydroxylation sites is 1. The zero-order valence-electron chi connectivity index (χ0n) is 17.4.